The molecule has 0 radical (unpaired) electrons. The Morgan fingerprint density at radius 1 is 1.03 bits per heavy atom. The fraction of sp³-hybridized carbons (Fsp3) is 0.538. The van der Waals surface area contributed by atoms with Gasteiger partial charge < -0.3 is 25.1 Å². The molecule has 2 aromatic rings. The summed E-state index contributed by atoms with van der Waals surface area (Å²) in [6.45, 7) is 5.47. The average molecular weight is 441 g/mol. The summed E-state index contributed by atoms with van der Waals surface area (Å²) < 4.78 is 18.6. The van der Waals surface area contributed by atoms with E-state index in [4.69, 9.17) is 19.9 Å². The van der Waals surface area contributed by atoms with Gasteiger partial charge in [0.1, 0.15) is 0 Å². The first kappa shape index (κ1) is 23.4. The van der Waals surface area contributed by atoms with Crippen LogP contribution in [0.25, 0.3) is 0 Å². The molecule has 0 aromatic heterocycles. The molecule has 2 aliphatic heterocycles. The summed E-state index contributed by atoms with van der Waals surface area (Å²) >= 11 is 0. The lowest BCUT2D eigenvalue weighted by molar-refractivity contribution is -0.276. The molecule has 32 heavy (non-hydrogen) atoms. The zero-order chi connectivity index (χ0) is 22.5. The summed E-state index contributed by atoms with van der Waals surface area (Å²) in [5.41, 5.74) is 9.88. The summed E-state index contributed by atoms with van der Waals surface area (Å²) in [5, 5.41) is 9.42. The average Bonchev–Trinajstić information content (AvgIpc) is 3.27. The Labute approximate surface area is 191 Å². The quantitative estimate of drug-likeness (QED) is 0.654. The van der Waals surface area contributed by atoms with Crippen LogP contribution >= 0.6 is 0 Å². The lowest BCUT2D eigenvalue weighted by atomic mass is 9.90. The number of methoxy groups -OCH3 is 1. The van der Waals surface area contributed by atoms with Crippen LogP contribution in [0.5, 0.6) is 0 Å². The van der Waals surface area contributed by atoms with Crippen LogP contribution in [0.15, 0.2) is 48.5 Å². The topological polar surface area (TPSA) is 77.2 Å². The van der Waals surface area contributed by atoms with Gasteiger partial charge in [-0.1, -0.05) is 55.5 Å². The van der Waals surface area contributed by atoms with Gasteiger partial charge in [-0.15, -0.1) is 0 Å². The third-order valence-corrected chi connectivity index (χ3v) is 6.88. The summed E-state index contributed by atoms with van der Waals surface area (Å²) in [7, 11) is 1.77. The van der Waals surface area contributed by atoms with Crippen LogP contribution in [0.3, 0.4) is 0 Å². The maximum absolute atomic E-state index is 9.42. The molecule has 2 fully saturated rings. The summed E-state index contributed by atoms with van der Waals surface area (Å²) in [6.07, 6.45) is 1.87. The van der Waals surface area contributed by atoms with Gasteiger partial charge in [-0.05, 0) is 36.1 Å². The van der Waals surface area contributed by atoms with Gasteiger partial charge in [-0.25, -0.2) is 0 Å². The number of hydrogen-bond donors (Lipinski definition) is 2. The Hall–Kier alpha value is -1.80. The van der Waals surface area contributed by atoms with Gasteiger partial charge >= 0.3 is 0 Å². The number of benzene rings is 2. The van der Waals surface area contributed by atoms with Crippen molar-refractivity contribution >= 4 is 0 Å². The van der Waals surface area contributed by atoms with Crippen LogP contribution in [0.1, 0.15) is 54.4 Å². The van der Waals surface area contributed by atoms with E-state index in [0.29, 0.717) is 12.6 Å². The smallest absolute Gasteiger partial charge is 0.184 e. The molecule has 0 aliphatic carbocycles. The Bertz CT molecular complexity index is 842. The van der Waals surface area contributed by atoms with Crippen molar-refractivity contribution in [1.29, 1.82) is 0 Å². The van der Waals surface area contributed by atoms with Crippen LogP contribution < -0.4 is 5.73 Å². The standard InChI is InChI=1S/C26H36N2O4/c1-18-24(15-28-13-3-4-23(28)17-30-2)31-26(22-11-5-19(14-27)6-12-22)32-25(18)21-9-7-20(16-29)8-10-21/h5-12,18,23-26,29H,3-4,13-17,27H2,1-2H3/t18-,23-,24+,25+,26+/m0/s1. The number of nitrogens with zero attached hydrogens (tertiary/aromatic N) is 1. The SMILES string of the molecule is COC[C@@H]1CCCN1C[C@H]1O[C@@H](c2ccc(CN)cc2)O[C@@H](c2ccc(CO)cc2)[C@H]1C. The van der Waals surface area contributed by atoms with Gasteiger partial charge in [0.25, 0.3) is 0 Å². The minimum absolute atomic E-state index is 0.0305. The molecule has 2 saturated heterocycles. The second-order valence-electron chi connectivity index (χ2n) is 9.01. The van der Waals surface area contributed by atoms with Gasteiger partial charge in [-0.3, -0.25) is 4.90 Å². The fourth-order valence-corrected chi connectivity index (χ4v) is 4.89. The Balaban J connectivity index is 1.58. The van der Waals surface area contributed by atoms with Gasteiger partial charge in [0, 0.05) is 37.7 Å². The molecule has 3 N–H and O–H groups in total. The van der Waals surface area contributed by atoms with Gasteiger partial charge in [-0.2, -0.15) is 0 Å². The molecule has 6 nitrogen and oxygen atoms in total. The molecule has 0 unspecified atom stereocenters. The van der Waals surface area contributed by atoms with E-state index in [1.54, 1.807) is 7.11 Å². The lowest BCUT2D eigenvalue weighted by Gasteiger charge is -2.43. The molecule has 0 spiro atoms. The van der Waals surface area contributed by atoms with Crippen molar-refractivity contribution in [3.8, 4) is 0 Å². The number of rotatable bonds is 8. The van der Waals surface area contributed by atoms with Crippen molar-refractivity contribution in [2.24, 2.45) is 11.7 Å². The first-order valence-electron chi connectivity index (χ1n) is 11.7. The second-order valence-corrected chi connectivity index (χ2v) is 9.01. The normalized spacial score (nSPS) is 28.8. The van der Waals surface area contributed by atoms with E-state index in [9.17, 15) is 5.11 Å². The van der Waals surface area contributed by atoms with Gasteiger partial charge in [0.05, 0.1) is 25.4 Å². The van der Waals surface area contributed by atoms with Crippen LogP contribution in [-0.2, 0) is 27.4 Å². The first-order valence-corrected chi connectivity index (χ1v) is 11.7. The largest absolute Gasteiger partial charge is 0.392 e. The van der Waals surface area contributed by atoms with Gasteiger partial charge in [0.15, 0.2) is 6.29 Å². The molecule has 0 saturated carbocycles. The number of likely N-dealkylation sites (tertiary alicyclic amines) is 1. The van der Waals surface area contributed by atoms with Crippen molar-refractivity contribution < 1.29 is 19.3 Å². The minimum Gasteiger partial charge on any atom is -0.392 e. The predicted molar refractivity (Wildman–Crippen MR) is 124 cm³/mol. The number of aliphatic hydroxyl groups excluding tert-OH is 1. The van der Waals surface area contributed by atoms with E-state index < -0.39 is 6.29 Å². The minimum atomic E-state index is -0.436. The zero-order valence-corrected chi connectivity index (χ0v) is 19.2. The van der Waals surface area contributed by atoms with E-state index >= 15 is 0 Å². The van der Waals surface area contributed by atoms with Crippen molar-refractivity contribution in [2.45, 2.75) is 57.5 Å². The van der Waals surface area contributed by atoms with Crippen LogP contribution in [0.2, 0.25) is 0 Å². The molecule has 4 rings (SSSR count). The maximum atomic E-state index is 9.42. The van der Waals surface area contributed by atoms with Crippen molar-refractivity contribution in [3.05, 3.63) is 70.8 Å². The van der Waals surface area contributed by atoms with E-state index in [0.717, 1.165) is 42.0 Å². The first-order chi connectivity index (χ1) is 15.6. The summed E-state index contributed by atoms with van der Waals surface area (Å²) in [6, 6.07) is 16.7. The molecule has 2 aromatic carbocycles. The molecule has 2 aliphatic rings. The highest BCUT2D eigenvalue weighted by Gasteiger charge is 2.40. The number of ether oxygens (including phenoxy) is 3. The molecule has 0 amide bonds. The van der Waals surface area contributed by atoms with Crippen molar-refractivity contribution in [1.82, 2.24) is 4.90 Å². The Kier molecular flexibility index (Phi) is 7.94. The molecular weight excluding hydrogens is 404 g/mol. The van der Waals surface area contributed by atoms with Crippen molar-refractivity contribution in [2.75, 3.05) is 26.8 Å². The predicted octanol–water partition coefficient (Wildman–Crippen LogP) is 3.54. The monoisotopic (exact) mass is 440 g/mol. The number of nitrogens with two attached hydrogens (primary N) is 1. The maximum Gasteiger partial charge on any atom is 0.184 e. The highest BCUT2D eigenvalue weighted by atomic mass is 16.7. The molecule has 0 bridgehead atoms. The van der Waals surface area contributed by atoms with E-state index in [2.05, 4.69) is 36.1 Å². The third kappa shape index (κ3) is 5.22. The van der Waals surface area contributed by atoms with Crippen LogP contribution in [0.4, 0.5) is 0 Å². The molecule has 5 atom stereocenters. The number of hydrogen-bond acceptors (Lipinski definition) is 6. The highest BCUT2D eigenvalue weighted by molar-refractivity contribution is 5.27. The summed E-state index contributed by atoms with van der Waals surface area (Å²) in [5.74, 6) is 0.179. The molecular formula is C26H36N2O4. The van der Waals surface area contributed by atoms with E-state index in [1.165, 1.54) is 12.8 Å². The van der Waals surface area contributed by atoms with E-state index in [-0.39, 0.29) is 24.7 Å². The zero-order valence-electron chi connectivity index (χ0n) is 19.2. The number of aliphatic hydroxyl groups is 1. The lowest BCUT2D eigenvalue weighted by Crippen LogP contribution is -2.46. The highest BCUT2D eigenvalue weighted by Crippen LogP contribution is 2.42. The van der Waals surface area contributed by atoms with Crippen LogP contribution in [0, 0.1) is 5.92 Å². The second kappa shape index (κ2) is 10.9. The van der Waals surface area contributed by atoms with E-state index in [1.807, 2.05) is 24.3 Å². The molecule has 174 valence electrons. The van der Waals surface area contributed by atoms with Crippen LogP contribution in [-0.4, -0.2) is 49.0 Å². The van der Waals surface area contributed by atoms with Gasteiger partial charge in [0.2, 0.25) is 0 Å². The Morgan fingerprint density at radius 3 is 2.38 bits per heavy atom. The Morgan fingerprint density at radius 2 is 1.72 bits per heavy atom. The molecule has 6 heteroatoms. The summed E-state index contributed by atoms with van der Waals surface area (Å²) in [4.78, 5) is 2.51. The van der Waals surface area contributed by atoms with Crippen molar-refractivity contribution in [3.63, 3.8) is 0 Å². The fourth-order valence-electron chi connectivity index (χ4n) is 4.89. The molecule has 2 heterocycles. The third-order valence-electron chi connectivity index (χ3n) is 6.88.